The first-order chi connectivity index (χ1) is 8.59. The van der Waals surface area contributed by atoms with Gasteiger partial charge < -0.3 is 4.55 Å². The van der Waals surface area contributed by atoms with E-state index in [1.54, 1.807) is 20.8 Å². The fraction of sp³-hybridized carbons (Fsp3) is 0.364. The van der Waals surface area contributed by atoms with Crippen molar-refractivity contribution in [3.05, 3.63) is 29.8 Å². The first kappa shape index (κ1) is 17.3. The molecule has 116 valence electrons. The molecule has 0 amide bonds. The summed E-state index contributed by atoms with van der Waals surface area (Å²) in [4.78, 5) is -1.99. The fourth-order valence-corrected chi connectivity index (χ4v) is 2.33. The van der Waals surface area contributed by atoms with Crippen LogP contribution in [-0.2, 0) is 11.4 Å². The summed E-state index contributed by atoms with van der Waals surface area (Å²) in [5.41, 5.74) is -0.187. The Kier molecular flexibility index (Phi) is 3.75. The molecule has 0 N–H and O–H groups in total. The number of benzene rings is 1. The minimum absolute atomic E-state index is 0.187. The Hall–Kier alpha value is -0.800. The zero-order valence-corrected chi connectivity index (χ0v) is 12.6. The average molecular weight is 335 g/mol. The van der Waals surface area contributed by atoms with Gasteiger partial charge in [-0.25, -0.2) is 0 Å². The van der Waals surface area contributed by atoms with Crippen LogP contribution in [0.2, 0.25) is 0 Å². The highest BCUT2D eigenvalue weighted by Gasteiger charge is 2.65. The van der Waals surface area contributed by atoms with E-state index >= 15 is 0 Å². The van der Waals surface area contributed by atoms with Crippen molar-refractivity contribution in [3.8, 4) is 0 Å². The second-order valence-corrected chi connectivity index (χ2v) is 9.48. The van der Waals surface area contributed by atoms with Crippen LogP contribution in [0.1, 0.15) is 26.3 Å². The molecule has 0 aromatic heterocycles. The summed E-state index contributed by atoms with van der Waals surface area (Å²) in [6, 6.07) is 2.63. The number of halogens is 5. The van der Waals surface area contributed by atoms with E-state index < -0.39 is 31.2 Å². The Labute approximate surface area is 117 Å². The van der Waals surface area contributed by atoms with E-state index in [0.717, 1.165) is 12.3 Å². The Bertz CT molecular complexity index is 535. The lowest BCUT2D eigenvalue weighted by Gasteiger charge is -2.40. The van der Waals surface area contributed by atoms with E-state index in [0.29, 0.717) is 12.1 Å². The van der Waals surface area contributed by atoms with Crippen LogP contribution >= 0.6 is 10.2 Å². The van der Waals surface area contributed by atoms with E-state index in [1.165, 1.54) is 6.07 Å². The van der Waals surface area contributed by atoms with Crippen LogP contribution < -0.4 is 0 Å². The van der Waals surface area contributed by atoms with Crippen LogP contribution in [0.5, 0.6) is 0 Å². The van der Waals surface area contributed by atoms with Crippen molar-refractivity contribution < 1.29 is 24.0 Å². The third kappa shape index (κ3) is 4.95. The molecule has 1 rings (SSSR count). The van der Waals surface area contributed by atoms with E-state index in [2.05, 4.69) is 4.40 Å². The Morgan fingerprint density at radius 2 is 1.70 bits per heavy atom. The molecule has 1 aromatic carbocycles. The quantitative estimate of drug-likeness (QED) is 0.423. The largest absolute Gasteiger partial charge is 0.591 e. The first-order valence-corrected chi connectivity index (χ1v) is 8.46. The van der Waals surface area contributed by atoms with Gasteiger partial charge in [0.1, 0.15) is 21.0 Å². The van der Waals surface area contributed by atoms with Crippen LogP contribution in [0, 0.1) is 0 Å². The summed E-state index contributed by atoms with van der Waals surface area (Å²) in [6.07, 6.45) is 0.897. The molecule has 0 aliphatic heterocycles. The summed E-state index contributed by atoms with van der Waals surface area (Å²) < 4.78 is 77.5. The standard InChI is InChI=1S/C11H14F5NOS2/c1-11(2,3)19(18)17-8-9-5-4-6-10(7-9)20(12,13,14,15)16/h4-8H,1-3H3/b17-8+. The topological polar surface area (TPSA) is 35.4 Å². The molecule has 0 saturated heterocycles. The Morgan fingerprint density at radius 1 is 1.15 bits per heavy atom. The van der Waals surface area contributed by atoms with Crippen molar-refractivity contribution in [3.63, 3.8) is 0 Å². The van der Waals surface area contributed by atoms with Crippen molar-refractivity contribution in [2.75, 3.05) is 0 Å². The Balaban J connectivity index is 3.12. The van der Waals surface area contributed by atoms with Crippen LogP contribution in [-0.4, -0.2) is 15.5 Å². The summed E-state index contributed by atoms with van der Waals surface area (Å²) in [5.74, 6) is 0. The van der Waals surface area contributed by atoms with E-state index in [-0.39, 0.29) is 5.56 Å². The van der Waals surface area contributed by atoms with Gasteiger partial charge in [-0.3, -0.25) is 0 Å². The summed E-state index contributed by atoms with van der Waals surface area (Å²) in [5, 5.41) is 0. The SMILES string of the molecule is CC(C)(C)[S+]([O-])/N=C/c1cccc(S(F)(F)(F)(F)F)c1. The number of nitrogens with zero attached hydrogens (tertiary/aromatic N) is 1. The van der Waals surface area contributed by atoms with Crippen molar-refractivity contribution in [1.82, 2.24) is 0 Å². The van der Waals surface area contributed by atoms with Gasteiger partial charge in [0.15, 0.2) is 0 Å². The van der Waals surface area contributed by atoms with Gasteiger partial charge in [0, 0.05) is 0 Å². The molecule has 0 aliphatic rings. The highest BCUT2D eigenvalue weighted by molar-refractivity contribution is 8.45. The molecule has 0 saturated carbocycles. The molecule has 0 bridgehead atoms. The second kappa shape index (κ2) is 4.35. The third-order valence-electron chi connectivity index (χ3n) is 2.12. The van der Waals surface area contributed by atoms with Gasteiger partial charge in [-0.2, -0.15) is 0 Å². The van der Waals surface area contributed by atoms with Crippen LogP contribution in [0.4, 0.5) is 19.4 Å². The summed E-state index contributed by atoms with van der Waals surface area (Å²) in [7, 11) is -9.70. The van der Waals surface area contributed by atoms with Crippen molar-refractivity contribution >= 4 is 27.8 Å². The van der Waals surface area contributed by atoms with Crippen molar-refractivity contribution in [1.29, 1.82) is 0 Å². The highest BCUT2D eigenvalue weighted by Crippen LogP contribution is 3.02. The molecule has 0 radical (unpaired) electrons. The lowest BCUT2D eigenvalue weighted by molar-refractivity contribution is 0.364. The predicted octanol–water partition coefficient (Wildman–Crippen LogP) is 5.23. The molecule has 20 heavy (non-hydrogen) atoms. The normalized spacial score (nSPS) is 18.6. The number of rotatable bonds is 3. The molecule has 0 spiro atoms. The van der Waals surface area contributed by atoms with Gasteiger partial charge in [-0.1, -0.05) is 36.0 Å². The zero-order chi connectivity index (χ0) is 15.9. The molecule has 1 atom stereocenters. The van der Waals surface area contributed by atoms with Crippen LogP contribution in [0.3, 0.4) is 0 Å². The van der Waals surface area contributed by atoms with Gasteiger partial charge in [-0.15, -0.1) is 0 Å². The van der Waals surface area contributed by atoms with Crippen molar-refractivity contribution in [2.24, 2.45) is 4.40 Å². The molecule has 2 nitrogen and oxygen atoms in total. The Morgan fingerprint density at radius 3 is 2.15 bits per heavy atom. The average Bonchev–Trinajstić information content (AvgIpc) is 2.22. The van der Waals surface area contributed by atoms with E-state index in [1.807, 2.05) is 0 Å². The second-order valence-electron chi connectivity index (χ2n) is 5.14. The molecule has 9 heteroatoms. The van der Waals surface area contributed by atoms with Gasteiger partial charge >= 0.3 is 10.2 Å². The zero-order valence-electron chi connectivity index (χ0n) is 10.9. The molecule has 1 unspecified atom stereocenters. The molecular weight excluding hydrogens is 321 g/mol. The summed E-state index contributed by atoms with van der Waals surface area (Å²) in [6.45, 7) is 4.89. The molecule has 0 aliphatic carbocycles. The predicted molar refractivity (Wildman–Crippen MR) is 73.3 cm³/mol. The minimum atomic E-state index is -9.70. The number of hydrogen-bond acceptors (Lipinski definition) is 2. The molecule has 0 fully saturated rings. The molecule has 0 heterocycles. The minimum Gasteiger partial charge on any atom is -0.591 e. The maximum atomic E-state index is 12.6. The van der Waals surface area contributed by atoms with Gasteiger partial charge in [0.05, 0.1) is 6.21 Å². The van der Waals surface area contributed by atoms with Gasteiger partial charge in [0.2, 0.25) is 0 Å². The van der Waals surface area contributed by atoms with Crippen LogP contribution in [0.15, 0.2) is 33.6 Å². The molecule has 1 aromatic rings. The monoisotopic (exact) mass is 335 g/mol. The fourth-order valence-electron chi connectivity index (χ4n) is 1.10. The smallest absolute Gasteiger partial charge is 0.310 e. The van der Waals surface area contributed by atoms with Crippen molar-refractivity contribution in [2.45, 2.75) is 30.4 Å². The lowest BCUT2D eigenvalue weighted by Crippen LogP contribution is -2.25. The lowest BCUT2D eigenvalue weighted by atomic mass is 10.2. The first-order valence-electron chi connectivity index (χ1n) is 5.40. The van der Waals surface area contributed by atoms with E-state index in [9.17, 15) is 24.0 Å². The summed E-state index contributed by atoms with van der Waals surface area (Å²) >= 11 is -1.68. The maximum absolute atomic E-state index is 12.6. The highest BCUT2D eigenvalue weighted by atomic mass is 32.5. The van der Waals surface area contributed by atoms with Gasteiger partial charge in [-0.05, 0) is 38.5 Å². The number of hydrogen-bond donors (Lipinski definition) is 0. The molecular formula is C11H14F5NOS2. The third-order valence-corrected chi connectivity index (χ3v) is 4.61. The van der Waals surface area contributed by atoms with Gasteiger partial charge in [0.25, 0.3) is 0 Å². The van der Waals surface area contributed by atoms with Crippen LogP contribution in [0.25, 0.3) is 0 Å². The maximum Gasteiger partial charge on any atom is 0.310 e. The van der Waals surface area contributed by atoms with E-state index in [4.69, 9.17) is 0 Å².